The molecule has 0 N–H and O–H groups in total. The zero-order chi connectivity index (χ0) is 15.7. The van der Waals surface area contributed by atoms with Crippen LogP contribution in [0.15, 0.2) is 4.52 Å². The van der Waals surface area contributed by atoms with Crippen molar-refractivity contribution in [3.8, 4) is 0 Å². The molecule has 3 rings (SSSR count). The van der Waals surface area contributed by atoms with Crippen LogP contribution in [-0.4, -0.2) is 57.8 Å². The zero-order valence-corrected chi connectivity index (χ0v) is 13.5. The number of carbonyl (C=O) groups excluding carboxylic acids is 1. The lowest BCUT2D eigenvalue weighted by Gasteiger charge is -2.35. The van der Waals surface area contributed by atoms with Crippen LogP contribution in [-0.2, 0) is 11.3 Å². The molecule has 0 radical (unpaired) electrons. The summed E-state index contributed by atoms with van der Waals surface area (Å²) in [5.74, 6) is 2.01. The van der Waals surface area contributed by atoms with Gasteiger partial charge in [-0.15, -0.1) is 0 Å². The second kappa shape index (κ2) is 5.87. The average molecular weight is 308 g/mol. The molecule has 1 aromatic heterocycles. The minimum atomic E-state index is -0.446. The number of amides is 1. The summed E-state index contributed by atoms with van der Waals surface area (Å²) in [5, 5.41) is 4.04. The predicted molar refractivity (Wildman–Crippen MR) is 79.4 cm³/mol. The van der Waals surface area contributed by atoms with Crippen molar-refractivity contribution in [2.75, 3.05) is 26.2 Å². The fraction of sp³-hybridized carbons (Fsp3) is 0.800. The molecule has 1 aliphatic heterocycles. The molecule has 2 heterocycles. The highest BCUT2D eigenvalue weighted by Crippen LogP contribution is 2.38. The molecule has 2 aliphatic rings. The molecule has 1 saturated carbocycles. The lowest BCUT2D eigenvalue weighted by molar-refractivity contribution is 0.0136. The Bertz CT molecular complexity index is 525. The number of hydrogen-bond donors (Lipinski definition) is 0. The van der Waals surface area contributed by atoms with Crippen molar-refractivity contribution in [2.45, 2.75) is 51.7 Å². The van der Waals surface area contributed by atoms with E-state index in [1.165, 1.54) is 0 Å². The van der Waals surface area contributed by atoms with Crippen molar-refractivity contribution in [1.82, 2.24) is 19.9 Å². The third-order valence-electron chi connectivity index (χ3n) is 3.80. The normalized spacial score (nSPS) is 20.2. The first-order chi connectivity index (χ1) is 10.4. The largest absolute Gasteiger partial charge is 0.444 e. The van der Waals surface area contributed by atoms with Gasteiger partial charge in [-0.25, -0.2) is 4.79 Å². The molecule has 0 aromatic carbocycles. The third kappa shape index (κ3) is 3.97. The van der Waals surface area contributed by atoms with E-state index in [1.54, 1.807) is 4.90 Å². The van der Waals surface area contributed by atoms with Gasteiger partial charge in [0.2, 0.25) is 5.89 Å². The molecule has 7 heteroatoms. The molecule has 0 unspecified atom stereocenters. The van der Waals surface area contributed by atoms with Gasteiger partial charge >= 0.3 is 6.09 Å². The van der Waals surface area contributed by atoms with Gasteiger partial charge in [0, 0.05) is 32.1 Å². The molecule has 0 spiro atoms. The maximum absolute atomic E-state index is 12.0. The van der Waals surface area contributed by atoms with Gasteiger partial charge in [-0.05, 0) is 33.6 Å². The molecule has 0 atom stereocenters. The fourth-order valence-electron chi connectivity index (χ4n) is 2.44. The summed E-state index contributed by atoms with van der Waals surface area (Å²) >= 11 is 0. The molecule has 1 aromatic rings. The Morgan fingerprint density at radius 3 is 2.55 bits per heavy atom. The summed E-state index contributed by atoms with van der Waals surface area (Å²) in [6, 6.07) is 0. The van der Waals surface area contributed by atoms with Crippen LogP contribution in [0.1, 0.15) is 51.2 Å². The van der Waals surface area contributed by atoms with Crippen LogP contribution >= 0.6 is 0 Å². The Balaban J connectivity index is 1.45. The molecule has 122 valence electrons. The number of ether oxygens (including phenoxy) is 1. The van der Waals surface area contributed by atoms with Gasteiger partial charge in [0.25, 0.3) is 0 Å². The van der Waals surface area contributed by atoms with Crippen molar-refractivity contribution < 1.29 is 14.1 Å². The Labute approximate surface area is 130 Å². The number of rotatable bonds is 3. The molecule has 0 bridgehead atoms. The van der Waals surface area contributed by atoms with Gasteiger partial charge in [0.05, 0.1) is 6.54 Å². The van der Waals surface area contributed by atoms with E-state index >= 15 is 0 Å². The van der Waals surface area contributed by atoms with Crippen molar-refractivity contribution in [2.24, 2.45) is 0 Å². The molecule has 1 saturated heterocycles. The highest BCUT2D eigenvalue weighted by molar-refractivity contribution is 5.68. The topological polar surface area (TPSA) is 71.7 Å². The molecular weight excluding hydrogens is 284 g/mol. The van der Waals surface area contributed by atoms with E-state index in [1.807, 2.05) is 20.8 Å². The van der Waals surface area contributed by atoms with Gasteiger partial charge in [-0.2, -0.15) is 4.98 Å². The fourth-order valence-corrected chi connectivity index (χ4v) is 2.44. The number of aromatic nitrogens is 2. The molecular formula is C15H24N4O3. The maximum Gasteiger partial charge on any atom is 0.410 e. The van der Waals surface area contributed by atoms with Gasteiger partial charge < -0.3 is 14.2 Å². The van der Waals surface area contributed by atoms with Crippen molar-refractivity contribution in [3.63, 3.8) is 0 Å². The quantitative estimate of drug-likeness (QED) is 0.850. The predicted octanol–water partition coefficient (Wildman–Crippen LogP) is 2.00. The van der Waals surface area contributed by atoms with Crippen LogP contribution in [0.3, 0.4) is 0 Å². The SMILES string of the molecule is CC(C)(C)OC(=O)N1CCN(Cc2noc(C3CC3)n2)CC1. The summed E-state index contributed by atoms with van der Waals surface area (Å²) in [6.45, 7) is 9.26. The first kappa shape index (κ1) is 15.3. The molecule has 1 amide bonds. The standard InChI is InChI=1S/C15H24N4O3/c1-15(2,3)21-14(20)19-8-6-18(7-9-19)10-12-16-13(22-17-12)11-4-5-11/h11H,4-10H2,1-3H3. The minimum absolute atomic E-state index is 0.234. The summed E-state index contributed by atoms with van der Waals surface area (Å²) in [7, 11) is 0. The second-order valence-corrected chi connectivity index (χ2v) is 7.07. The van der Waals surface area contributed by atoms with Crippen LogP contribution in [0, 0.1) is 0 Å². The Hall–Kier alpha value is -1.63. The smallest absolute Gasteiger partial charge is 0.410 e. The lowest BCUT2D eigenvalue weighted by atomic mass is 10.2. The minimum Gasteiger partial charge on any atom is -0.444 e. The van der Waals surface area contributed by atoms with E-state index in [4.69, 9.17) is 9.26 Å². The highest BCUT2D eigenvalue weighted by Gasteiger charge is 2.30. The van der Waals surface area contributed by atoms with Crippen molar-refractivity contribution in [1.29, 1.82) is 0 Å². The Kier molecular flexibility index (Phi) is 4.08. The van der Waals surface area contributed by atoms with Crippen molar-refractivity contribution in [3.05, 3.63) is 11.7 Å². The van der Waals surface area contributed by atoms with Crippen LogP contribution < -0.4 is 0 Å². The molecule has 2 fully saturated rings. The van der Waals surface area contributed by atoms with Crippen LogP contribution in [0.5, 0.6) is 0 Å². The average Bonchev–Trinajstić information content (AvgIpc) is 3.19. The molecule has 7 nitrogen and oxygen atoms in total. The van der Waals surface area contributed by atoms with E-state index in [-0.39, 0.29) is 6.09 Å². The van der Waals surface area contributed by atoms with E-state index in [9.17, 15) is 4.79 Å². The monoisotopic (exact) mass is 308 g/mol. The van der Waals surface area contributed by atoms with Crippen molar-refractivity contribution >= 4 is 6.09 Å². The number of nitrogens with zero attached hydrogens (tertiary/aromatic N) is 4. The van der Waals surface area contributed by atoms with E-state index in [0.29, 0.717) is 25.6 Å². The molecule has 1 aliphatic carbocycles. The first-order valence-corrected chi connectivity index (χ1v) is 7.93. The second-order valence-electron chi connectivity index (χ2n) is 7.07. The third-order valence-corrected chi connectivity index (χ3v) is 3.80. The van der Waals surface area contributed by atoms with Crippen LogP contribution in [0.25, 0.3) is 0 Å². The van der Waals surface area contributed by atoms with Gasteiger partial charge in [-0.1, -0.05) is 5.16 Å². The Morgan fingerprint density at radius 2 is 1.95 bits per heavy atom. The summed E-state index contributed by atoms with van der Waals surface area (Å²) in [5.41, 5.74) is -0.446. The van der Waals surface area contributed by atoms with E-state index in [2.05, 4.69) is 15.0 Å². The van der Waals surface area contributed by atoms with E-state index < -0.39 is 5.60 Å². The summed E-state index contributed by atoms with van der Waals surface area (Å²) < 4.78 is 10.7. The highest BCUT2D eigenvalue weighted by atomic mass is 16.6. The number of hydrogen-bond acceptors (Lipinski definition) is 6. The van der Waals surface area contributed by atoms with Gasteiger partial charge in [-0.3, -0.25) is 4.90 Å². The number of carbonyl (C=O) groups is 1. The number of piperazine rings is 1. The van der Waals surface area contributed by atoms with Gasteiger partial charge in [0.1, 0.15) is 5.60 Å². The lowest BCUT2D eigenvalue weighted by Crippen LogP contribution is -2.49. The maximum atomic E-state index is 12.0. The Morgan fingerprint density at radius 1 is 1.27 bits per heavy atom. The van der Waals surface area contributed by atoms with Gasteiger partial charge in [0.15, 0.2) is 5.82 Å². The molecule has 22 heavy (non-hydrogen) atoms. The summed E-state index contributed by atoms with van der Waals surface area (Å²) in [6.07, 6.45) is 2.09. The first-order valence-electron chi connectivity index (χ1n) is 7.93. The van der Waals surface area contributed by atoms with E-state index in [0.717, 1.165) is 37.6 Å². The summed E-state index contributed by atoms with van der Waals surface area (Å²) in [4.78, 5) is 20.4. The zero-order valence-electron chi connectivity index (χ0n) is 13.5. The van der Waals surface area contributed by atoms with Crippen LogP contribution in [0.2, 0.25) is 0 Å². The van der Waals surface area contributed by atoms with Crippen LogP contribution in [0.4, 0.5) is 4.79 Å².